The van der Waals surface area contributed by atoms with Gasteiger partial charge in [-0.3, -0.25) is 9.78 Å². The summed E-state index contributed by atoms with van der Waals surface area (Å²) in [5.41, 5.74) is 0.771. The normalized spacial score (nSPS) is 11.2. The lowest BCUT2D eigenvalue weighted by Gasteiger charge is -2.08. The van der Waals surface area contributed by atoms with E-state index in [-0.39, 0.29) is 23.6 Å². The van der Waals surface area contributed by atoms with E-state index < -0.39 is 15.9 Å². The molecule has 8 heteroatoms. The maximum Gasteiger partial charge on any atom is 0.255 e. The van der Waals surface area contributed by atoms with E-state index in [9.17, 15) is 13.2 Å². The molecule has 1 heterocycles. The van der Waals surface area contributed by atoms with Crippen molar-refractivity contribution >= 4 is 21.6 Å². The topological polar surface area (TPSA) is 97.4 Å². The van der Waals surface area contributed by atoms with Crippen molar-refractivity contribution in [1.29, 1.82) is 0 Å². The maximum atomic E-state index is 12.2. The van der Waals surface area contributed by atoms with Crippen LogP contribution in [0.15, 0.2) is 53.7 Å². The average Bonchev–Trinajstić information content (AvgIpc) is 2.56. The van der Waals surface area contributed by atoms with Gasteiger partial charge in [-0.1, -0.05) is 6.07 Å². The molecule has 1 amide bonds. The number of pyridine rings is 1. The van der Waals surface area contributed by atoms with Crippen molar-refractivity contribution in [2.24, 2.45) is 0 Å². The highest BCUT2D eigenvalue weighted by atomic mass is 32.2. The molecule has 1 aromatic heterocycles. The van der Waals surface area contributed by atoms with E-state index in [0.29, 0.717) is 5.69 Å². The van der Waals surface area contributed by atoms with E-state index in [1.54, 1.807) is 24.4 Å². The quantitative estimate of drug-likeness (QED) is 0.743. The van der Waals surface area contributed by atoms with Crippen LogP contribution in [0.5, 0.6) is 0 Å². The smallest absolute Gasteiger partial charge is 0.255 e. The summed E-state index contributed by atoms with van der Waals surface area (Å²) in [6, 6.07) is 9.19. The summed E-state index contributed by atoms with van der Waals surface area (Å²) >= 11 is 0. The summed E-state index contributed by atoms with van der Waals surface area (Å²) < 4.78 is 31.5. The first-order valence-corrected chi connectivity index (χ1v) is 8.31. The second-order valence-electron chi connectivity index (χ2n) is 4.61. The van der Waals surface area contributed by atoms with Crippen LogP contribution < -0.4 is 10.0 Å². The molecule has 0 aliphatic heterocycles. The molecule has 0 unspecified atom stereocenters. The predicted octanol–water partition coefficient (Wildman–Crippen LogP) is 1.26. The Morgan fingerprint density at radius 3 is 2.78 bits per heavy atom. The first-order valence-electron chi connectivity index (χ1n) is 6.83. The fraction of sp³-hybridized carbons (Fsp3) is 0.200. The summed E-state index contributed by atoms with van der Waals surface area (Å²) in [4.78, 5) is 16.1. The van der Waals surface area contributed by atoms with Crippen LogP contribution >= 0.6 is 0 Å². The van der Waals surface area contributed by atoms with Crippen molar-refractivity contribution in [2.45, 2.75) is 4.90 Å². The first-order chi connectivity index (χ1) is 11.0. The number of benzene rings is 1. The lowest BCUT2D eigenvalue weighted by molar-refractivity contribution is 0.102. The number of sulfonamides is 1. The van der Waals surface area contributed by atoms with Gasteiger partial charge < -0.3 is 10.1 Å². The van der Waals surface area contributed by atoms with Gasteiger partial charge in [-0.2, -0.15) is 0 Å². The van der Waals surface area contributed by atoms with E-state index in [2.05, 4.69) is 15.0 Å². The van der Waals surface area contributed by atoms with Crippen LogP contribution in [0.1, 0.15) is 10.4 Å². The summed E-state index contributed by atoms with van der Waals surface area (Å²) in [6.45, 7) is 0.422. The van der Waals surface area contributed by atoms with Gasteiger partial charge in [0.05, 0.1) is 23.4 Å². The molecule has 0 atom stereocenters. The van der Waals surface area contributed by atoms with Crippen molar-refractivity contribution in [2.75, 3.05) is 25.6 Å². The van der Waals surface area contributed by atoms with Crippen LogP contribution in [0.25, 0.3) is 0 Å². The minimum absolute atomic E-state index is 0.0208. The SMILES string of the molecule is COCCNS(=O)(=O)c1cccc(C(=O)Nc2cccnc2)c1. The Kier molecular flexibility index (Phi) is 5.80. The second kappa shape index (κ2) is 7.82. The number of aromatic nitrogens is 1. The molecule has 0 bridgehead atoms. The van der Waals surface area contributed by atoms with Crippen molar-refractivity contribution in [3.8, 4) is 0 Å². The first kappa shape index (κ1) is 17.1. The van der Waals surface area contributed by atoms with Gasteiger partial charge in [0.1, 0.15) is 0 Å². The van der Waals surface area contributed by atoms with Crippen LogP contribution in [-0.4, -0.2) is 39.6 Å². The summed E-state index contributed by atoms with van der Waals surface area (Å²) in [6.07, 6.45) is 3.10. The number of carbonyl (C=O) groups excluding carboxylic acids is 1. The lowest BCUT2D eigenvalue weighted by atomic mass is 10.2. The third-order valence-corrected chi connectivity index (χ3v) is 4.38. The molecule has 122 valence electrons. The van der Waals surface area contributed by atoms with Gasteiger partial charge in [0.2, 0.25) is 10.0 Å². The van der Waals surface area contributed by atoms with Crippen molar-refractivity contribution in [1.82, 2.24) is 9.71 Å². The third-order valence-electron chi connectivity index (χ3n) is 2.92. The van der Waals surface area contributed by atoms with Gasteiger partial charge in [-0.15, -0.1) is 0 Å². The van der Waals surface area contributed by atoms with Crippen molar-refractivity contribution < 1.29 is 17.9 Å². The molecule has 23 heavy (non-hydrogen) atoms. The molecule has 0 radical (unpaired) electrons. The van der Waals surface area contributed by atoms with E-state index in [4.69, 9.17) is 4.74 Å². The van der Waals surface area contributed by atoms with Crippen molar-refractivity contribution in [3.63, 3.8) is 0 Å². The number of ether oxygens (including phenoxy) is 1. The number of methoxy groups -OCH3 is 1. The van der Waals surface area contributed by atoms with Gasteiger partial charge >= 0.3 is 0 Å². The fourth-order valence-electron chi connectivity index (χ4n) is 1.81. The molecule has 7 nitrogen and oxygen atoms in total. The van der Waals surface area contributed by atoms with Gasteiger partial charge in [-0.05, 0) is 30.3 Å². The van der Waals surface area contributed by atoms with Gasteiger partial charge in [0, 0.05) is 25.4 Å². The highest BCUT2D eigenvalue weighted by Gasteiger charge is 2.16. The average molecular weight is 335 g/mol. The Hall–Kier alpha value is -2.29. The number of rotatable bonds is 7. The highest BCUT2D eigenvalue weighted by molar-refractivity contribution is 7.89. The zero-order chi connectivity index (χ0) is 16.7. The highest BCUT2D eigenvalue weighted by Crippen LogP contribution is 2.13. The summed E-state index contributed by atoms with van der Waals surface area (Å²) in [5, 5.41) is 2.65. The molecule has 2 N–H and O–H groups in total. The summed E-state index contributed by atoms with van der Waals surface area (Å²) in [5.74, 6) is -0.410. The van der Waals surface area contributed by atoms with E-state index >= 15 is 0 Å². The Bertz CT molecular complexity index is 763. The number of anilines is 1. The maximum absolute atomic E-state index is 12.2. The van der Waals surface area contributed by atoms with Crippen LogP contribution in [0, 0.1) is 0 Å². The molecule has 0 fully saturated rings. The molecular formula is C15H17N3O4S. The number of nitrogens with one attached hydrogen (secondary N) is 2. The van der Waals surface area contributed by atoms with Crippen LogP contribution in [0.2, 0.25) is 0 Å². The number of amides is 1. The van der Waals surface area contributed by atoms with E-state index in [1.807, 2.05) is 0 Å². The number of hydrogen-bond acceptors (Lipinski definition) is 5. The molecule has 2 rings (SSSR count). The Morgan fingerprint density at radius 2 is 2.09 bits per heavy atom. The lowest BCUT2D eigenvalue weighted by Crippen LogP contribution is -2.27. The molecular weight excluding hydrogens is 318 g/mol. The standard InChI is InChI=1S/C15H17N3O4S/c1-22-9-8-17-23(20,21)14-6-2-4-12(10-14)15(19)18-13-5-3-7-16-11-13/h2-7,10-11,17H,8-9H2,1H3,(H,18,19). The van der Waals surface area contributed by atoms with Crippen LogP contribution in [-0.2, 0) is 14.8 Å². The van der Waals surface area contributed by atoms with E-state index in [0.717, 1.165) is 0 Å². The molecule has 0 spiro atoms. The molecule has 1 aromatic carbocycles. The largest absolute Gasteiger partial charge is 0.383 e. The predicted molar refractivity (Wildman–Crippen MR) is 85.7 cm³/mol. The summed E-state index contributed by atoms with van der Waals surface area (Å²) in [7, 11) is -2.20. The number of carbonyl (C=O) groups is 1. The van der Waals surface area contributed by atoms with Crippen LogP contribution in [0.3, 0.4) is 0 Å². The van der Waals surface area contributed by atoms with E-state index in [1.165, 1.54) is 31.5 Å². The fourth-order valence-corrected chi connectivity index (χ4v) is 2.86. The molecule has 0 saturated carbocycles. The molecule has 2 aromatic rings. The Morgan fingerprint density at radius 1 is 1.26 bits per heavy atom. The minimum atomic E-state index is -3.68. The second-order valence-corrected chi connectivity index (χ2v) is 6.38. The monoisotopic (exact) mass is 335 g/mol. The molecule has 0 saturated heterocycles. The zero-order valence-corrected chi connectivity index (χ0v) is 13.3. The van der Waals surface area contributed by atoms with Crippen molar-refractivity contribution in [3.05, 3.63) is 54.4 Å². The number of nitrogens with zero attached hydrogens (tertiary/aromatic N) is 1. The minimum Gasteiger partial charge on any atom is -0.383 e. The molecule has 0 aliphatic carbocycles. The number of hydrogen-bond donors (Lipinski definition) is 2. The third kappa shape index (κ3) is 4.85. The zero-order valence-electron chi connectivity index (χ0n) is 12.5. The van der Waals surface area contributed by atoms with Gasteiger partial charge in [0.25, 0.3) is 5.91 Å². The Balaban J connectivity index is 2.14. The van der Waals surface area contributed by atoms with Crippen LogP contribution in [0.4, 0.5) is 5.69 Å². The van der Waals surface area contributed by atoms with Gasteiger partial charge in [0.15, 0.2) is 0 Å². The molecule has 0 aliphatic rings. The Labute approximate surface area is 134 Å². The van der Waals surface area contributed by atoms with Gasteiger partial charge in [-0.25, -0.2) is 13.1 Å².